The zero-order valence-electron chi connectivity index (χ0n) is 16.2. The van der Waals surface area contributed by atoms with Gasteiger partial charge in [0.25, 0.3) is 0 Å². The highest BCUT2D eigenvalue weighted by Crippen LogP contribution is 2.27. The largest absolute Gasteiger partial charge is 0.493 e. The van der Waals surface area contributed by atoms with Gasteiger partial charge in [-0.3, -0.25) is 9.59 Å². The first-order valence-electron chi connectivity index (χ1n) is 8.55. The van der Waals surface area contributed by atoms with Gasteiger partial charge in [-0.2, -0.15) is 5.10 Å². The minimum atomic E-state index is -1.11. The van der Waals surface area contributed by atoms with E-state index in [1.807, 2.05) is 32.0 Å². The Balaban J connectivity index is 1.98. The maximum Gasteiger partial charge on any atom is 0.341 e. The zero-order chi connectivity index (χ0) is 21.4. The summed E-state index contributed by atoms with van der Waals surface area (Å²) >= 11 is 0. The second kappa shape index (κ2) is 9.88. The molecule has 0 aliphatic carbocycles. The predicted molar refractivity (Wildman–Crippen MR) is 106 cm³/mol. The van der Waals surface area contributed by atoms with Crippen LogP contribution in [0.1, 0.15) is 16.7 Å². The summed E-state index contributed by atoms with van der Waals surface area (Å²) in [5.41, 5.74) is 4.95. The van der Waals surface area contributed by atoms with Crippen molar-refractivity contribution in [3.05, 3.63) is 53.1 Å². The van der Waals surface area contributed by atoms with Crippen molar-refractivity contribution in [2.45, 2.75) is 13.8 Å². The lowest BCUT2D eigenvalue weighted by molar-refractivity contribution is -0.139. The van der Waals surface area contributed by atoms with Gasteiger partial charge in [0.2, 0.25) is 0 Å². The van der Waals surface area contributed by atoms with Crippen molar-refractivity contribution in [2.24, 2.45) is 5.10 Å². The van der Waals surface area contributed by atoms with E-state index in [0.717, 1.165) is 11.1 Å². The highest BCUT2D eigenvalue weighted by atomic mass is 16.5. The predicted octanol–water partition coefficient (Wildman–Crippen LogP) is 1.86. The van der Waals surface area contributed by atoms with Gasteiger partial charge in [-0.1, -0.05) is 18.2 Å². The summed E-state index contributed by atoms with van der Waals surface area (Å²) in [7, 11) is 1.41. The maximum atomic E-state index is 12.0. The van der Waals surface area contributed by atoms with E-state index in [4.69, 9.17) is 14.6 Å². The number of amides is 2. The Morgan fingerprint density at radius 3 is 2.38 bits per heavy atom. The lowest BCUT2D eigenvalue weighted by atomic mass is 10.1. The summed E-state index contributed by atoms with van der Waals surface area (Å²) in [6, 6.07) is 10.2. The summed E-state index contributed by atoms with van der Waals surface area (Å²) in [4.78, 5) is 34.6. The van der Waals surface area contributed by atoms with Crippen LogP contribution in [0.15, 0.2) is 41.5 Å². The molecule has 0 radical (unpaired) electrons. The van der Waals surface area contributed by atoms with Gasteiger partial charge in [0.05, 0.1) is 13.3 Å². The molecular weight excluding hydrogens is 378 g/mol. The number of nitrogens with one attached hydrogen (secondary N) is 2. The van der Waals surface area contributed by atoms with Crippen molar-refractivity contribution in [1.82, 2.24) is 5.43 Å². The highest BCUT2D eigenvalue weighted by Gasteiger charge is 2.15. The molecule has 0 atom stereocenters. The number of aliphatic carboxylic acids is 1. The lowest BCUT2D eigenvalue weighted by Crippen LogP contribution is -2.32. The number of anilines is 1. The molecule has 0 spiro atoms. The molecule has 0 bridgehead atoms. The van der Waals surface area contributed by atoms with Crippen LogP contribution < -0.4 is 20.2 Å². The zero-order valence-corrected chi connectivity index (χ0v) is 16.2. The Labute approximate surface area is 167 Å². The molecule has 0 fully saturated rings. The molecule has 9 nitrogen and oxygen atoms in total. The average molecular weight is 399 g/mol. The molecular formula is C20H21N3O6. The van der Waals surface area contributed by atoms with Crippen molar-refractivity contribution >= 4 is 29.7 Å². The molecule has 2 rings (SSSR count). The van der Waals surface area contributed by atoms with Crippen molar-refractivity contribution in [3.63, 3.8) is 0 Å². The number of ether oxygens (including phenoxy) is 2. The number of para-hydroxylation sites is 1. The van der Waals surface area contributed by atoms with Gasteiger partial charge in [-0.25, -0.2) is 10.2 Å². The van der Waals surface area contributed by atoms with Crippen LogP contribution in [0, 0.1) is 13.8 Å². The molecule has 9 heteroatoms. The standard InChI is InChI=1S/C20H21N3O6/c1-12-5-4-6-13(2)18(12)22-19(26)20(27)23-21-10-14-7-8-15(16(9-14)28-3)29-11-17(24)25/h4-10H,11H2,1-3H3,(H,22,26)(H,23,27)(H,24,25)/b21-10-. The maximum absolute atomic E-state index is 12.0. The van der Waals surface area contributed by atoms with Crippen molar-refractivity contribution in [1.29, 1.82) is 0 Å². The summed E-state index contributed by atoms with van der Waals surface area (Å²) in [5.74, 6) is -2.32. The number of carboxylic acid groups (broad SMARTS) is 1. The minimum absolute atomic E-state index is 0.254. The van der Waals surface area contributed by atoms with E-state index in [0.29, 0.717) is 17.0 Å². The van der Waals surface area contributed by atoms with Crippen LogP contribution in [0.3, 0.4) is 0 Å². The van der Waals surface area contributed by atoms with Gasteiger partial charge in [-0.15, -0.1) is 0 Å². The minimum Gasteiger partial charge on any atom is -0.493 e. The molecule has 0 saturated heterocycles. The van der Waals surface area contributed by atoms with Crippen LogP contribution in [0.5, 0.6) is 11.5 Å². The molecule has 0 aliphatic heterocycles. The number of methoxy groups -OCH3 is 1. The topological polar surface area (TPSA) is 126 Å². The quantitative estimate of drug-likeness (QED) is 0.371. The highest BCUT2D eigenvalue weighted by molar-refractivity contribution is 6.39. The molecule has 152 valence electrons. The SMILES string of the molecule is COc1cc(/C=N\NC(=O)C(=O)Nc2c(C)cccc2C)ccc1OCC(=O)O. The van der Waals surface area contributed by atoms with Crippen molar-refractivity contribution in [2.75, 3.05) is 19.0 Å². The number of nitrogens with zero attached hydrogens (tertiary/aromatic N) is 1. The molecule has 2 amide bonds. The molecule has 2 aromatic rings. The third-order valence-electron chi connectivity index (χ3n) is 3.84. The van der Waals surface area contributed by atoms with E-state index in [2.05, 4.69) is 15.8 Å². The van der Waals surface area contributed by atoms with E-state index >= 15 is 0 Å². The van der Waals surface area contributed by atoms with Gasteiger partial charge in [0, 0.05) is 5.69 Å². The van der Waals surface area contributed by atoms with Crippen molar-refractivity contribution < 1.29 is 29.0 Å². The third kappa shape index (κ3) is 6.06. The van der Waals surface area contributed by atoms with E-state index < -0.39 is 24.4 Å². The number of carboxylic acids is 1. The van der Waals surface area contributed by atoms with E-state index in [1.54, 1.807) is 12.1 Å². The average Bonchev–Trinajstić information content (AvgIpc) is 2.69. The molecule has 0 aliphatic rings. The van der Waals surface area contributed by atoms with Gasteiger partial charge >= 0.3 is 17.8 Å². The van der Waals surface area contributed by atoms with Crippen LogP contribution in [-0.2, 0) is 14.4 Å². The van der Waals surface area contributed by atoms with E-state index in [1.165, 1.54) is 19.4 Å². The first-order valence-corrected chi connectivity index (χ1v) is 8.55. The van der Waals surface area contributed by atoms with Gasteiger partial charge < -0.3 is 19.9 Å². The Morgan fingerprint density at radius 1 is 1.07 bits per heavy atom. The van der Waals surface area contributed by atoms with Gasteiger partial charge in [-0.05, 0) is 48.7 Å². The number of hydrogen-bond donors (Lipinski definition) is 3. The van der Waals surface area contributed by atoms with Crippen LogP contribution in [-0.4, -0.2) is 42.8 Å². The third-order valence-corrected chi connectivity index (χ3v) is 3.84. The molecule has 29 heavy (non-hydrogen) atoms. The molecule has 0 saturated carbocycles. The number of hydrogen-bond acceptors (Lipinski definition) is 6. The van der Waals surface area contributed by atoms with E-state index in [9.17, 15) is 14.4 Å². The first-order chi connectivity index (χ1) is 13.8. The second-order valence-electron chi connectivity index (χ2n) is 6.01. The number of carbonyl (C=O) groups is 3. The Morgan fingerprint density at radius 2 is 1.76 bits per heavy atom. The normalized spacial score (nSPS) is 10.4. The van der Waals surface area contributed by atoms with Gasteiger partial charge in [0.1, 0.15) is 0 Å². The fraction of sp³-hybridized carbons (Fsp3) is 0.200. The van der Waals surface area contributed by atoms with Crippen LogP contribution in [0.4, 0.5) is 5.69 Å². The number of aryl methyl sites for hydroxylation is 2. The molecule has 3 N–H and O–H groups in total. The Hall–Kier alpha value is -3.88. The molecule has 2 aromatic carbocycles. The lowest BCUT2D eigenvalue weighted by Gasteiger charge is -2.10. The molecule has 0 aromatic heterocycles. The first kappa shape index (κ1) is 21.4. The number of rotatable bonds is 7. The summed E-state index contributed by atoms with van der Waals surface area (Å²) in [6.45, 7) is 3.15. The fourth-order valence-corrected chi connectivity index (χ4v) is 2.42. The van der Waals surface area contributed by atoms with Crippen LogP contribution in [0.2, 0.25) is 0 Å². The van der Waals surface area contributed by atoms with Crippen LogP contribution >= 0.6 is 0 Å². The van der Waals surface area contributed by atoms with E-state index in [-0.39, 0.29) is 5.75 Å². The number of benzene rings is 2. The smallest absolute Gasteiger partial charge is 0.341 e. The molecule has 0 unspecified atom stereocenters. The number of carbonyl (C=O) groups excluding carboxylic acids is 2. The molecule has 0 heterocycles. The summed E-state index contributed by atoms with van der Waals surface area (Å²) < 4.78 is 10.2. The summed E-state index contributed by atoms with van der Waals surface area (Å²) in [6.07, 6.45) is 1.31. The fourth-order valence-electron chi connectivity index (χ4n) is 2.42. The summed E-state index contributed by atoms with van der Waals surface area (Å²) in [5, 5.41) is 15.0. The van der Waals surface area contributed by atoms with Crippen molar-refractivity contribution in [3.8, 4) is 11.5 Å². The number of hydrazone groups is 1. The second-order valence-corrected chi connectivity index (χ2v) is 6.01. The van der Waals surface area contributed by atoms with Gasteiger partial charge in [0.15, 0.2) is 18.1 Å². The monoisotopic (exact) mass is 399 g/mol. The Bertz CT molecular complexity index is 935. The Kier molecular flexibility index (Phi) is 7.30. The van der Waals surface area contributed by atoms with Crippen LogP contribution in [0.25, 0.3) is 0 Å².